The van der Waals surface area contributed by atoms with E-state index in [1.807, 2.05) is 0 Å². The maximum atomic E-state index is 11.9. The van der Waals surface area contributed by atoms with Crippen molar-refractivity contribution in [1.29, 1.82) is 0 Å². The minimum absolute atomic E-state index is 0.000985. The van der Waals surface area contributed by atoms with Gasteiger partial charge in [0, 0.05) is 12.1 Å². The zero-order valence-electron chi connectivity index (χ0n) is 9.91. The molecule has 0 aromatic carbocycles. The van der Waals surface area contributed by atoms with Crippen LogP contribution >= 0.6 is 0 Å². The van der Waals surface area contributed by atoms with E-state index in [0.717, 1.165) is 12.8 Å². The zero-order chi connectivity index (χ0) is 13.3. The van der Waals surface area contributed by atoms with Crippen LogP contribution in [0.4, 0.5) is 13.2 Å². The molecule has 2 unspecified atom stereocenters. The molecule has 1 amide bonds. The fourth-order valence-corrected chi connectivity index (χ4v) is 2.96. The number of nitrogens with zero attached hydrogens (tertiary/aromatic N) is 1. The summed E-state index contributed by atoms with van der Waals surface area (Å²) in [4.78, 5) is 13.5. The normalized spacial score (nSPS) is 31.8. The van der Waals surface area contributed by atoms with Gasteiger partial charge in [-0.25, -0.2) is 0 Å². The molecule has 2 bridgehead atoms. The van der Waals surface area contributed by atoms with Gasteiger partial charge < -0.3 is 15.3 Å². The lowest BCUT2D eigenvalue weighted by Gasteiger charge is -2.37. The van der Waals surface area contributed by atoms with Gasteiger partial charge in [-0.15, -0.1) is 0 Å². The van der Waals surface area contributed by atoms with E-state index >= 15 is 0 Å². The summed E-state index contributed by atoms with van der Waals surface area (Å²) in [7, 11) is 0. The Morgan fingerprint density at radius 3 is 2.33 bits per heavy atom. The number of carbonyl (C=O) groups is 1. The van der Waals surface area contributed by atoms with Crippen LogP contribution in [0.2, 0.25) is 0 Å². The highest BCUT2D eigenvalue weighted by atomic mass is 19.4. The molecule has 0 saturated carbocycles. The number of hydrogen-bond donors (Lipinski definition) is 2. The summed E-state index contributed by atoms with van der Waals surface area (Å²) in [5.74, 6) is -0.293. The molecule has 104 valence electrons. The van der Waals surface area contributed by atoms with Crippen LogP contribution in [0, 0.1) is 0 Å². The number of amides is 1. The third kappa shape index (κ3) is 3.14. The number of piperidine rings is 1. The highest BCUT2D eigenvalue weighted by Crippen LogP contribution is 2.35. The number of nitrogens with one attached hydrogen (secondary N) is 1. The first kappa shape index (κ1) is 13.6. The van der Waals surface area contributed by atoms with Crippen LogP contribution in [0.1, 0.15) is 25.7 Å². The summed E-state index contributed by atoms with van der Waals surface area (Å²) in [6.45, 7) is -1.44. The van der Waals surface area contributed by atoms with Crippen molar-refractivity contribution in [3.05, 3.63) is 0 Å². The summed E-state index contributed by atoms with van der Waals surface area (Å²) in [5.41, 5.74) is 0. The molecule has 18 heavy (non-hydrogen) atoms. The Hall–Kier alpha value is -0.820. The molecule has 2 aliphatic heterocycles. The first-order valence-electron chi connectivity index (χ1n) is 6.13. The topological polar surface area (TPSA) is 52.6 Å². The lowest BCUT2D eigenvalue weighted by molar-refractivity contribution is -0.139. The van der Waals surface area contributed by atoms with E-state index in [9.17, 15) is 23.1 Å². The van der Waals surface area contributed by atoms with Crippen molar-refractivity contribution < 1.29 is 23.1 Å². The number of aliphatic hydroxyl groups is 1. The number of alkyl halides is 3. The van der Waals surface area contributed by atoms with Gasteiger partial charge in [0.25, 0.3) is 0 Å². The van der Waals surface area contributed by atoms with E-state index < -0.39 is 12.7 Å². The Morgan fingerprint density at radius 1 is 1.28 bits per heavy atom. The number of halogens is 3. The van der Waals surface area contributed by atoms with Crippen molar-refractivity contribution in [2.75, 3.05) is 13.1 Å². The van der Waals surface area contributed by atoms with Crippen molar-refractivity contribution in [3.8, 4) is 0 Å². The van der Waals surface area contributed by atoms with Crippen LogP contribution in [0.15, 0.2) is 0 Å². The molecule has 0 aromatic heterocycles. The Labute approximate surface area is 103 Å². The van der Waals surface area contributed by atoms with Gasteiger partial charge in [0.2, 0.25) is 5.91 Å². The predicted octanol–water partition coefficient (Wildman–Crippen LogP) is 0.653. The number of fused-ring (bicyclic) bond motifs is 2. The van der Waals surface area contributed by atoms with Gasteiger partial charge in [0.05, 0.1) is 19.2 Å². The van der Waals surface area contributed by atoms with Gasteiger partial charge in [-0.2, -0.15) is 13.2 Å². The maximum absolute atomic E-state index is 11.9. The summed E-state index contributed by atoms with van der Waals surface area (Å²) in [6.07, 6.45) is -1.91. The second-order valence-corrected chi connectivity index (χ2v) is 5.03. The minimum Gasteiger partial charge on any atom is -0.393 e. The second-order valence-electron chi connectivity index (χ2n) is 5.03. The molecule has 7 heteroatoms. The van der Waals surface area contributed by atoms with Crippen molar-refractivity contribution in [3.63, 3.8) is 0 Å². The molecule has 0 spiro atoms. The van der Waals surface area contributed by atoms with Gasteiger partial charge in [-0.1, -0.05) is 0 Å². The largest absolute Gasteiger partial charge is 0.401 e. The predicted molar refractivity (Wildman–Crippen MR) is 57.8 cm³/mol. The molecular weight excluding hydrogens is 249 g/mol. The average molecular weight is 266 g/mol. The molecule has 0 radical (unpaired) electrons. The number of aliphatic hydroxyl groups excluding tert-OH is 1. The van der Waals surface area contributed by atoms with Crippen LogP contribution in [0.25, 0.3) is 0 Å². The van der Waals surface area contributed by atoms with Crippen LogP contribution in [-0.2, 0) is 4.79 Å². The van der Waals surface area contributed by atoms with E-state index in [1.165, 1.54) is 0 Å². The molecule has 2 rings (SSSR count). The lowest BCUT2D eigenvalue weighted by atomic mass is 10.00. The first-order chi connectivity index (χ1) is 8.37. The molecule has 2 aliphatic rings. The van der Waals surface area contributed by atoms with Crippen LogP contribution in [-0.4, -0.2) is 53.4 Å². The van der Waals surface area contributed by atoms with Crippen molar-refractivity contribution in [2.24, 2.45) is 0 Å². The molecule has 2 heterocycles. The standard InChI is InChI=1S/C11H17F3N2O2/c12-11(13,14)6-15-5-10(18)16-7-1-2-8(16)4-9(17)3-7/h7-9,15,17H,1-6H2. The fraction of sp³-hybridized carbons (Fsp3) is 0.909. The highest BCUT2D eigenvalue weighted by Gasteiger charge is 2.42. The van der Waals surface area contributed by atoms with Crippen LogP contribution < -0.4 is 5.32 Å². The van der Waals surface area contributed by atoms with Crippen LogP contribution in [0.3, 0.4) is 0 Å². The average Bonchev–Trinajstić information content (AvgIpc) is 2.49. The highest BCUT2D eigenvalue weighted by molar-refractivity contribution is 5.79. The maximum Gasteiger partial charge on any atom is 0.401 e. The van der Waals surface area contributed by atoms with Gasteiger partial charge in [0.1, 0.15) is 0 Å². The number of rotatable bonds is 3. The molecule has 2 atom stereocenters. The Morgan fingerprint density at radius 2 is 1.83 bits per heavy atom. The Balaban J connectivity index is 1.83. The number of carbonyl (C=O) groups excluding carboxylic acids is 1. The number of hydrogen-bond acceptors (Lipinski definition) is 3. The van der Waals surface area contributed by atoms with Gasteiger partial charge in [-0.05, 0) is 25.7 Å². The van der Waals surface area contributed by atoms with Gasteiger partial charge in [0.15, 0.2) is 0 Å². The monoisotopic (exact) mass is 266 g/mol. The quantitative estimate of drug-likeness (QED) is 0.788. The SMILES string of the molecule is O=C(CNCC(F)(F)F)N1C2CCC1CC(O)C2. The van der Waals surface area contributed by atoms with E-state index in [4.69, 9.17) is 0 Å². The smallest absolute Gasteiger partial charge is 0.393 e. The molecule has 4 nitrogen and oxygen atoms in total. The summed E-state index contributed by atoms with van der Waals surface area (Å²) >= 11 is 0. The third-order valence-corrected chi connectivity index (χ3v) is 3.60. The van der Waals surface area contributed by atoms with E-state index in [2.05, 4.69) is 5.32 Å². The van der Waals surface area contributed by atoms with E-state index in [0.29, 0.717) is 12.8 Å². The Kier molecular flexibility index (Phi) is 3.82. The molecular formula is C11H17F3N2O2. The zero-order valence-corrected chi connectivity index (χ0v) is 9.91. The molecule has 2 N–H and O–H groups in total. The summed E-state index contributed by atoms with van der Waals surface area (Å²) in [6, 6.07) is -0.00197. The minimum atomic E-state index is -4.29. The first-order valence-corrected chi connectivity index (χ1v) is 6.13. The molecule has 0 aliphatic carbocycles. The fourth-order valence-electron chi connectivity index (χ4n) is 2.96. The van der Waals surface area contributed by atoms with E-state index in [1.54, 1.807) is 4.90 Å². The summed E-state index contributed by atoms with van der Waals surface area (Å²) < 4.78 is 35.8. The molecule has 2 fully saturated rings. The molecule has 2 saturated heterocycles. The van der Waals surface area contributed by atoms with Crippen LogP contribution in [0.5, 0.6) is 0 Å². The summed E-state index contributed by atoms with van der Waals surface area (Å²) in [5, 5.41) is 11.7. The van der Waals surface area contributed by atoms with Crippen molar-refractivity contribution in [2.45, 2.75) is 50.0 Å². The van der Waals surface area contributed by atoms with Crippen molar-refractivity contribution >= 4 is 5.91 Å². The van der Waals surface area contributed by atoms with Gasteiger partial charge >= 0.3 is 6.18 Å². The Bertz CT molecular complexity index is 308. The lowest BCUT2D eigenvalue weighted by Crippen LogP contribution is -2.51. The molecule has 0 aromatic rings. The van der Waals surface area contributed by atoms with Gasteiger partial charge in [-0.3, -0.25) is 4.79 Å². The third-order valence-electron chi connectivity index (χ3n) is 3.60. The van der Waals surface area contributed by atoms with Crippen molar-refractivity contribution in [1.82, 2.24) is 10.2 Å². The second kappa shape index (κ2) is 5.05. The van der Waals surface area contributed by atoms with E-state index in [-0.39, 0.29) is 30.6 Å².